The van der Waals surface area contributed by atoms with Crippen molar-refractivity contribution in [3.05, 3.63) is 23.8 Å². The number of carbonyl (C=O) groups excluding carboxylic acids is 1. The van der Waals surface area contributed by atoms with Gasteiger partial charge in [-0.25, -0.2) is 13.2 Å². The molecule has 0 aromatic heterocycles. The van der Waals surface area contributed by atoms with Crippen LogP contribution in [0.4, 0.5) is 0 Å². The third kappa shape index (κ3) is 4.25. The van der Waals surface area contributed by atoms with Crippen molar-refractivity contribution in [1.82, 2.24) is 4.31 Å². The van der Waals surface area contributed by atoms with Gasteiger partial charge in [0.2, 0.25) is 10.0 Å². The first-order valence-corrected chi connectivity index (χ1v) is 9.09. The van der Waals surface area contributed by atoms with Gasteiger partial charge in [-0.3, -0.25) is 0 Å². The molecule has 1 unspecified atom stereocenters. The highest BCUT2D eigenvalue weighted by molar-refractivity contribution is 7.89. The zero-order valence-electron chi connectivity index (χ0n) is 14.8. The van der Waals surface area contributed by atoms with Gasteiger partial charge in [-0.1, -0.05) is 13.8 Å². The topological polar surface area (TPSA) is 98.9 Å². The van der Waals surface area contributed by atoms with E-state index >= 15 is 0 Å². The van der Waals surface area contributed by atoms with Crippen LogP contribution in [0.25, 0.3) is 0 Å². The van der Waals surface area contributed by atoms with Gasteiger partial charge in [-0.2, -0.15) is 4.31 Å². The van der Waals surface area contributed by atoms with Crippen LogP contribution in [-0.4, -0.2) is 52.0 Å². The number of esters is 1. The summed E-state index contributed by atoms with van der Waals surface area (Å²) < 4.78 is 37.1. The first-order chi connectivity index (χ1) is 11.1. The van der Waals surface area contributed by atoms with Gasteiger partial charge < -0.3 is 15.2 Å². The number of halogens is 1. The summed E-state index contributed by atoms with van der Waals surface area (Å²) >= 11 is 0. The summed E-state index contributed by atoms with van der Waals surface area (Å²) in [5.41, 5.74) is 5.95. The lowest BCUT2D eigenvalue weighted by Gasteiger charge is -2.41. The van der Waals surface area contributed by atoms with E-state index in [4.69, 9.17) is 10.5 Å². The molecule has 25 heavy (non-hydrogen) atoms. The van der Waals surface area contributed by atoms with Crippen LogP contribution < -0.4 is 10.5 Å². The van der Waals surface area contributed by atoms with Crippen molar-refractivity contribution >= 4 is 28.4 Å². The van der Waals surface area contributed by atoms with Crippen LogP contribution in [-0.2, 0) is 14.8 Å². The Balaban J connectivity index is 0.00000312. The number of rotatable bonds is 4. The molecule has 0 aliphatic carbocycles. The third-order valence-corrected chi connectivity index (χ3v) is 6.33. The Morgan fingerprint density at radius 2 is 1.96 bits per heavy atom. The molecule has 1 saturated heterocycles. The fourth-order valence-corrected chi connectivity index (χ4v) is 4.43. The second kappa shape index (κ2) is 7.90. The first-order valence-electron chi connectivity index (χ1n) is 7.65. The molecule has 9 heteroatoms. The molecule has 1 aliphatic heterocycles. The molecule has 1 aliphatic rings. The molecule has 0 radical (unpaired) electrons. The maximum Gasteiger partial charge on any atom is 0.341 e. The molecule has 2 N–H and O–H groups in total. The average molecular weight is 393 g/mol. The van der Waals surface area contributed by atoms with Gasteiger partial charge >= 0.3 is 5.97 Å². The van der Waals surface area contributed by atoms with Gasteiger partial charge in [0, 0.05) is 25.2 Å². The Bertz CT molecular complexity index is 736. The van der Waals surface area contributed by atoms with Crippen molar-refractivity contribution < 1.29 is 22.7 Å². The van der Waals surface area contributed by atoms with Gasteiger partial charge in [0.05, 0.1) is 19.1 Å². The molecular formula is C16H25ClN2O5S. The van der Waals surface area contributed by atoms with Crippen LogP contribution >= 0.6 is 12.4 Å². The highest BCUT2D eigenvalue weighted by Gasteiger charge is 2.39. The van der Waals surface area contributed by atoms with Crippen LogP contribution in [0.3, 0.4) is 0 Å². The van der Waals surface area contributed by atoms with Gasteiger partial charge in [-0.05, 0) is 24.0 Å². The Labute approximate surface area is 154 Å². The number of hydrogen-bond acceptors (Lipinski definition) is 6. The van der Waals surface area contributed by atoms with E-state index in [9.17, 15) is 13.2 Å². The summed E-state index contributed by atoms with van der Waals surface area (Å²) in [4.78, 5) is 11.8. The number of methoxy groups -OCH3 is 2. The van der Waals surface area contributed by atoms with Crippen LogP contribution in [0.1, 0.15) is 30.6 Å². The minimum atomic E-state index is -3.69. The van der Waals surface area contributed by atoms with E-state index in [0.29, 0.717) is 19.5 Å². The van der Waals surface area contributed by atoms with E-state index in [1.807, 2.05) is 13.8 Å². The lowest BCUT2D eigenvalue weighted by atomic mass is 9.81. The standard InChI is InChI=1S/C16H24N2O5S.ClH/c1-16(2)10-18(8-7-14(16)17)24(20,21)11-5-6-12(15(19)23-4)13(9-11)22-3;/h5-6,9,14H,7-8,10,17H2,1-4H3;1H. The highest BCUT2D eigenvalue weighted by Crippen LogP contribution is 2.32. The zero-order valence-corrected chi connectivity index (χ0v) is 16.4. The molecular weight excluding hydrogens is 368 g/mol. The fraction of sp³-hybridized carbons (Fsp3) is 0.562. The summed E-state index contributed by atoms with van der Waals surface area (Å²) in [6.07, 6.45) is 0.601. The molecule has 1 aromatic rings. The maximum absolute atomic E-state index is 12.9. The first kappa shape index (κ1) is 21.7. The highest BCUT2D eigenvalue weighted by atomic mass is 35.5. The average Bonchev–Trinajstić information content (AvgIpc) is 2.55. The van der Waals surface area contributed by atoms with E-state index < -0.39 is 16.0 Å². The Hall–Kier alpha value is -1.35. The summed E-state index contributed by atoms with van der Waals surface area (Å²) in [5.74, 6) is -0.420. The fourth-order valence-electron chi connectivity index (χ4n) is 2.79. The number of nitrogens with zero attached hydrogens (tertiary/aromatic N) is 1. The zero-order chi connectivity index (χ0) is 18.1. The van der Waals surface area contributed by atoms with Crippen LogP contribution in [0.2, 0.25) is 0 Å². The van der Waals surface area contributed by atoms with E-state index in [-0.39, 0.29) is 40.1 Å². The van der Waals surface area contributed by atoms with Crippen molar-refractivity contribution in [2.75, 3.05) is 27.3 Å². The smallest absolute Gasteiger partial charge is 0.341 e. The van der Waals surface area contributed by atoms with Crippen LogP contribution in [0, 0.1) is 5.41 Å². The van der Waals surface area contributed by atoms with Crippen molar-refractivity contribution in [1.29, 1.82) is 0 Å². The van der Waals surface area contributed by atoms with E-state index in [2.05, 4.69) is 4.74 Å². The maximum atomic E-state index is 12.9. The number of carbonyl (C=O) groups is 1. The normalized spacial score (nSPS) is 20.4. The second-order valence-electron chi connectivity index (χ2n) is 6.58. The van der Waals surface area contributed by atoms with E-state index in [1.165, 1.54) is 36.7 Å². The molecule has 0 bridgehead atoms. The number of benzene rings is 1. The van der Waals surface area contributed by atoms with Crippen molar-refractivity contribution in [3.8, 4) is 5.75 Å². The minimum Gasteiger partial charge on any atom is -0.496 e. The molecule has 1 atom stereocenters. The van der Waals surface area contributed by atoms with Gasteiger partial charge in [0.15, 0.2) is 0 Å². The Morgan fingerprint density at radius 1 is 1.32 bits per heavy atom. The number of nitrogens with two attached hydrogens (primary N) is 1. The van der Waals surface area contributed by atoms with Gasteiger partial charge in [-0.15, -0.1) is 12.4 Å². The van der Waals surface area contributed by atoms with E-state index in [1.54, 1.807) is 0 Å². The monoisotopic (exact) mass is 392 g/mol. The number of piperidine rings is 1. The molecule has 0 amide bonds. The second-order valence-corrected chi connectivity index (χ2v) is 8.51. The van der Waals surface area contributed by atoms with Gasteiger partial charge in [0.25, 0.3) is 0 Å². The minimum absolute atomic E-state index is 0. The summed E-state index contributed by atoms with van der Waals surface area (Å²) in [7, 11) is -1.06. The SMILES string of the molecule is COC(=O)c1ccc(S(=O)(=O)N2CCC(N)C(C)(C)C2)cc1OC.Cl. The Morgan fingerprint density at radius 3 is 2.48 bits per heavy atom. The van der Waals surface area contributed by atoms with Crippen LogP contribution in [0.5, 0.6) is 5.75 Å². The van der Waals surface area contributed by atoms with Crippen molar-refractivity contribution in [2.45, 2.75) is 31.2 Å². The molecule has 1 heterocycles. The summed E-state index contributed by atoms with van der Waals surface area (Å²) in [5, 5.41) is 0. The lowest BCUT2D eigenvalue weighted by Crippen LogP contribution is -2.53. The molecule has 142 valence electrons. The van der Waals surface area contributed by atoms with Crippen molar-refractivity contribution in [2.24, 2.45) is 11.1 Å². The molecule has 1 fully saturated rings. The van der Waals surface area contributed by atoms with E-state index in [0.717, 1.165) is 0 Å². The Kier molecular flexibility index (Phi) is 6.86. The predicted octanol–water partition coefficient (Wildman–Crippen LogP) is 1.65. The molecule has 7 nitrogen and oxygen atoms in total. The molecule has 1 aromatic carbocycles. The van der Waals surface area contributed by atoms with Crippen LogP contribution in [0.15, 0.2) is 23.1 Å². The third-order valence-electron chi connectivity index (χ3n) is 4.49. The lowest BCUT2D eigenvalue weighted by molar-refractivity contribution is 0.0597. The molecule has 0 saturated carbocycles. The molecule has 2 rings (SSSR count). The largest absolute Gasteiger partial charge is 0.496 e. The quantitative estimate of drug-likeness (QED) is 0.782. The van der Waals surface area contributed by atoms with Crippen molar-refractivity contribution in [3.63, 3.8) is 0 Å². The summed E-state index contributed by atoms with van der Waals surface area (Å²) in [6.45, 7) is 4.63. The molecule has 0 spiro atoms. The predicted molar refractivity (Wildman–Crippen MR) is 96.7 cm³/mol. The van der Waals surface area contributed by atoms with Gasteiger partial charge in [0.1, 0.15) is 11.3 Å². The number of ether oxygens (including phenoxy) is 2. The summed E-state index contributed by atoms with van der Waals surface area (Å²) in [6, 6.07) is 4.10. The number of sulfonamides is 1. The number of hydrogen-bond donors (Lipinski definition) is 1.